The minimum Gasteiger partial charge on any atom is -0.339 e. The zero-order chi connectivity index (χ0) is 18.1. The molecule has 3 aromatic rings. The van der Waals surface area contributed by atoms with Crippen molar-refractivity contribution >= 4 is 5.91 Å². The number of nitrogens with zero attached hydrogens (tertiary/aromatic N) is 3. The maximum atomic E-state index is 13.3. The smallest absolute Gasteiger partial charge is 0.232 e. The summed E-state index contributed by atoms with van der Waals surface area (Å²) in [5, 5.41) is 3.97. The van der Waals surface area contributed by atoms with Gasteiger partial charge in [-0.1, -0.05) is 35.5 Å². The van der Waals surface area contributed by atoms with Crippen LogP contribution in [0.5, 0.6) is 0 Å². The molecular formula is C19H15F2N3O2. The van der Waals surface area contributed by atoms with Crippen LogP contribution in [-0.2, 0) is 11.3 Å². The third kappa shape index (κ3) is 3.33. The molecule has 1 aliphatic rings. The molecule has 5 nitrogen and oxygen atoms in total. The van der Waals surface area contributed by atoms with E-state index in [2.05, 4.69) is 10.1 Å². The van der Waals surface area contributed by atoms with Gasteiger partial charge in [0.15, 0.2) is 0 Å². The number of aromatic nitrogens is 2. The molecule has 7 heteroatoms. The van der Waals surface area contributed by atoms with Gasteiger partial charge in [0, 0.05) is 31.1 Å². The number of amides is 1. The molecule has 1 unspecified atom stereocenters. The van der Waals surface area contributed by atoms with E-state index in [1.54, 1.807) is 4.90 Å². The van der Waals surface area contributed by atoms with Crippen LogP contribution in [0.3, 0.4) is 0 Å². The lowest BCUT2D eigenvalue weighted by molar-refractivity contribution is -0.128. The van der Waals surface area contributed by atoms with Gasteiger partial charge in [0.1, 0.15) is 11.6 Å². The van der Waals surface area contributed by atoms with Crippen molar-refractivity contribution < 1.29 is 18.1 Å². The molecule has 1 atom stereocenters. The number of hydrogen-bond donors (Lipinski definition) is 0. The average Bonchev–Trinajstić information content (AvgIpc) is 3.22. The molecule has 26 heavy (non-hydrogen) atoms. The molecule has 4 rings (SSSR count). The van der Waals surface area contributed by atoms with Gasteiger partial charge < -0.3 is 9.42 Å². The maximum Gasteiger partial charge on any atom is 0.232 e. The van der Waals surface area contributed by atoms with E-state index in [1.165, 1.54) is 12.1 Å². The van der Waals surface area contributed by atoms with Gasteiger partial charge in [-0.15, -0.1) is 0 Å². The zero-order valence-electron chi connectivity index (χ0n) is 13.7. The summed E-state index contributed by atoms with van der Waals surface area (Å²) in [6.07, 6.45) is 0.230. The second-order valence-corrected chi connectivity index (χ2v) is 6.28. The van der Waals surface area contributed by atoms with Crippen molar-refractivity contribution in [1.82, 2.24) is 15.0 Å². The highest BCUT2D eigenvalue weighted by Crippen LogP contribution is 2.29. The van der Waals surface area contributed by atoms with E-state index in [9.17, 15) is 13.6 Å². The molecule has 0 radical (unpaired) electrons. The zero-order valence-corrected chi connectivity index (χ0v) is 13.7. The Bertz CT molecular complexity index is 923. The van der Waals surface area contributed by atoms with Crippen molar-refractivity contribution in [2.75, 3.05) is 6.54 Å². The monoisotopic (exact) mass is 355 g/mol. The predicted octanol–water partition coefficient (Wildman–Crippen LogP) is 3.53. The third-order valence-electron chi connectivity index (χ3n) is 4.33. The first-order valence-corrected chi connectivity index (χ1v) is 8.20. The Kier molecular flexibility index (Phi) is 4.20. The number of carbonyl (C=O) groups is 1. The Balaban J connectivity index is 1.49. The summed E-state index contributed by atoms with van der Waals surface area (Å²) in [7, 11) is 0. The van der Waals surface area contributed by atoms with Crippen molar-refractivity contribution in [2.45, 2.75) is 18.9 Å². The molecule has 1 saturated heterocycles. The summed E-state index contributed by atoms with van der Waals surface area (Å²) in [6, 6.07) is 12.7. The molecule has 0 spiro atoms. The lowest BCUT2D eigenvalue weighted by Gasteiger charge is -2.16. The van der Waals surface area contributed by atoms with Gasteiger partial charge in [-0.3, -0.25) is 4.79 Å². The average molecular weight is 355 g/mol. The molecule has 1 aliphatic heterocycles. The second kappa shape index (κ2) is 6.67. The molecule has 2 heterocycles. The van der Waals surface area contributed by atoms with Crippen molar-refractivity contribution in [3.63, 3.8) is 0 Å². The van der Waals surface area contributed by atoms with Crippen molar-refractivity contribution in [2.24, 2.45) is 0 Å². The van der Waals surface area contributed by atoms with Gasteiger partial charge in [-0.2, -0.15) is 4.98 Å². The Hall–Kier alpha value is -3.09. The van der Waals surface area contributed by atoms with Crippen LogP contribution in [0.15, 0.2) is 53.1 Å². The van der Waals surface area contributed by atoms with Gasteiger partial charge in [-0.05, 0) is 17.7 Å². The first-order valence-electron chi connectivity index (χ1n) is 8.20. The van der Waals surface area contributed by atoms with Gasteiger partial charge in [0.25, 0.3) is 0 Å². The highest BCUT2D eigenvalue weighted by Gasteiger charge is 2.34. The van der Waals surface area contributed by atoms with Gasteiger partial charge in [0.2, 0.25) is 17.6 Å². The first-order chi connectivity index (χ1) is 12.6. The molecule has 0 bridgehead atoms. The van der Waals surface area contributed by atoms with Gasteiger partial charge >= 0.3 is 0 Å². The molecule has 2 aromatic carbocycles. The molecule has 0 saturated carbocycles. The van der Waals surface area contributed by atoms with Gasteiger partial charge in [-0.25, -0.2) is 8.78 Å². The van der Waals surface area contributed by atoms with E-state index in [-0.39, 0.29) is 24.8 Å². The summed E-state index contributed by atoms with van der Waals surface area (Å²) in [5.74, 6) is -0.797. The molecule has 132 valence electrons. The largest absolute Gasteiger partial charge is 0.339 e. The standard InChI is InChI=1S/C19H15F2N3O2/c20-15-6-12(7-16(21)9-15)10-24-11-14(8-17(24)25)19-22-18(23-26-19)13-4-2-1-3-5-13/h1-7,9,14H,8,10-11H2. The van der Waals surface area contributed by atoms with Crippen LogP contribution in [0.4, 0.5) is 8.78 Å². The van der Waals surface area contributed by atoms with E-state index in [0.29, 0.717) is 23.8 Å². The van der Waals surface area contributed by atoms with E-state index >= 15 is 0 Å². The van der Waals surface area contributed by atoms with E-state index in [4.69, 9.17) is 4.52 Å². The lowest BCUT2D eigenvalue weighted by atomic mass is 10.1. The molecule has 0 aliphatic carbocycles. The minimum atomic E-state index is -0.660. The molecule has 1 fully saturated rings. The van der Waals surface area contributed by atoms with Crippen LogP contribution in [0, 0.1) is 11.6 Å². The Morgan fingerprint density at radius 3 is 2.58 bits per heavy atom. The summed E-state index contributed by atoms with van der Waals surface area (Å²) in [4.78, 5) is 18.2. The number of likely N-dealkylation sites (tertiary alicyclic amines) is 1. The third-order valence-corrected chi connectivity index (χ3v) is 4.33. The van der Waals surface area contributed by atoms with Crippen LogP contribution in [0.2, 0.25) is 0 Å². The van der Waals surface area contributed by atoms with Crippen LogP contribution in [0.25, 0.3) is 11.4 Å². The van der Waals surface area contributed by atoms with Crippen molar-refractivity contribution in [3.05, 3.63) is 71.6 Å². The fourth-order valence-electron chi connectivity index (χ4n) is 3.12. The van der Waals surface area contributed by atoms with E-state index in [1.807, 2.05) is 30.3 Å². The van der Waals surface area contributed by atoms with Crippen molar-refractivity contribution in [1.29, 1.82) is 0 Å². The predicted molar refractivity (Wildman–Crippen MR) is 88.9 cm³/mol. The van der Waals surface area contributed by atoms with Crippen LogP contribution < -0.4 is 0 Å². The topological polar surface area (TPSA) is 59.2 Å². The van der Waals surface area contributed by atoms with Crippen LogP contribution >= 0.6 is 0 Å². The summed E-state index contributed by atoms with van der Waals surface area (Å²) in [5.41, 5.74) is 1.24. The number of benzene rings is 2. The van der Waals surface area contributed by atoms with E-state index < -0.39 is 11.6 Å². The summed E-state index contributed by atoms with van der Waals surface area (Å²) >= 11 is 0. The highest BCUT2D eigenvalue weighted by molar-refractivity contribution is 5.79. The summed E-state index contributed by atoms with van der Waals surface area (Å²) < 4.78 is 32.0. The van der Waals surface area contributed by atoms with Crippen LogP contribution in [-0.4, -0.2) is 27.5 Å². The summed E-state index contributed by atoms with van der Waals surface area (Å²) in [6.45, 7) is 0.511. The SMILES string of the molecule is O=C1CC(c2nc(-c3ccccc3)no2)CN1Cc1cc(F)cc(F)c1. The first kappa shape index (κ1) is 16.4. The normalized spacial score (nSPS) is 17.1. The molecule has 1 amide bonds. The number of carbonyl (C=O) groups excluding carboxylic acids is 1. The molecular weight excluding hydrogens is 340 g/mol. The maximum absolute atomic E-state index is 13.3. The van der Waals surface area contributed by atoms with Gasteiger partial charge in [0.05, 0.1) is 5.92 Å². The Labute approximate surface area is 148 Å². The highest BCUT2D eigenvalue weighted by atomic mass is 19.1. The quantitative estimate of drug-likeness (QED) is 0.718. The van der Waals surface area contributed by atoms with Crippen molar-refractivity contribution in [3.8, 4) is 11.4 Å². The molecule has 0 N–H and O–H groups in total. The lowest BCUT2D eigenvalue weighted by Crippen LogP contribution is -2.24. The van der Waals surface area contributed by atoms with E-state index in [0.717, 1.165) is 11.6 Å². The number of rotatable bonds is 4. The number of hydrogen-bond acceptors (Lipinski definition) is 4. The molecule has 1 aromatic heterocycles. The second-order valence-electron chi connectivity index (χ2n) is 6.28. The Morgan fingerprint density at radius 2 is 1.85 bits per heavy atom. The fraction of sp³-hybridized carbons (Fsp3) is 0.211. The van der Waals surface area contributed by atoms with Crippen LogP contribution in [0.1, 0.15) is 23.8 Å². The minimum absolute atomic E-state index is 0.112. The number of halogens is 2. The fourth-order valence-corrected chi connectivity index (χ4v) is 3.12. The Morgan fingerprint density at radius 1 is 1.12 bits per heavy atom.